The van der Waals surface area contributed by atoms with Crippen molar-refractivity contribution in [1.82, 2.24) is 19.8 Å². The van der Waals surface area contributed by atoms with Crippen molar-refractivity contribution in [1.29, 1.82) is 0 Å². The largest absolute Gasteiger partial charge is 0.333 e. The second kappa shape index (κ2) is 10.4. The molecule has 0 fully saturated rings. The molecule has 0 bridgehead atoms. The van der Waals surface area contributed by atoms with Crippen molar-refractivity contribution in [3.05, 3.63) is 105 Å². The fourth-order valence-corrected chi connectivity index (χ4v) is 4.89. The molecular weight excluding hydrogens is 505 g/mol. The first-order valence-electron chi connectivity index (χ1n) is 11.4. The van der Waals surface area contributed by atoms with Crippen LogP contribution in [0.2, 0.25) is 10.0 Å². The topological polar surface area (TPSA) is 50.2 Å². The summed E-state index contributed by atoms with van der Waals surface area (Å²) in [6, 6.07) is 12.9. The first-order chi connectivity index (χ1) is 17.4. The Kier molecular flexibility index (Phi) is 7.05. The summed E-state index contributed by atoms with van der Waals surface area (Å²) in [5.74, 6) is -1.03. The van der Waals surface area contributed by atoms with Crippen LogP contribution in [0.5, 0.6) is 0 Å². The van der Waals surface area contributed by atoms with Gasteiger partial charge in [0.25, 0.3) is 0 Å². The number of carbonyl (C=O) groups is 1. The van der Waals surface area contributed by atoms with Gasteiger partial charge < -0.3 is 5.32 Å². The smallest absolute Gasteiger partial charge is 0.326 e. The van der Waals surface area contributed by atoms with Crippen molar-refractivity contribution >= 4 is 46.2 Å². The fraction of sp³-hybridized carbons (Fsp3) is 0.185. The molecule has 2 aromatic carbocycles. The third-order valence-electron chi connectivity index (χ3n) is 6.25. The number of aromatic nitrogens is 2. The Balaban J connectivity index is 1.36. The average molecular weight is 527 g/mol. The first kappa shape index (κ1) is 24.4. The zero-order valence-corrected chi connectivity index (χ0v) is 20.7. The van der Waals surface area contributed by atoms with Crippen molar-refractivity contribution in [2.75, 3.05) is 13.1 Å². The minimum absolute atomic E-state index is 0.0959. The standard InChI is InChI=1S/C27H22Cl2F2N4O/c28-19-4-5-20-21-16-34(10-1-2-17-3-6-23(30)22(29)12-17)11-8-24(21)35(25(20)14-19)27(36)33-15-18-7-9-32-26(31)13-18/h1-7,9,12-14H,8,10-11,15-16H2,(H,33,36). The van der Waals surface area contributed by atoms with E-state index in [9.17, 15) is 13.6 Å². The van der Waals surface area contributed by atoms with Crippen molar-refractivity contribution in [3.8, 4) is 0 Å². The predicted octanol–water partition coefficient (Wildman–Crippen LogP) is 6.45. The maximum atomic E-state index is 13.4. The number of hydrogen-bond donors (Lipinski definition) is 1. The number of benzene rings is 2. The highest BCUT2D eigenvalue weighted by molar-refractivity contribution is 6.31. The quantitative estimate of drug-likeness (QED) is 0.304. The summed E-state index contributed by atoms with van der Waals surface area (Å²) in [5.41, 5.74) is 4.22. The molecule has 9 heteroatoms. The summed E-state index contributed by atoms with van der Waals surface area (Å²) in [7, 11) is 0. The lowest BCUT2D eigenvalue weighted by atomic mass is 10.0. The molecular formula is C27H22Cl2F2N4O. The van der Waals surface area contributed by atoms with Crippen LogP contribution in [0.25, 0.3) is 17.0 Å². The van der Waals surface area contributed by atoms with Crippen LogP contribution in [0, 0.1) is 11.8 Å². The predicted molar refractivity (Wildman–Crippen MR) is 138 cm³/mol. The summed E-state index contributed by atoms with van der Waals surface area (Å²) in [5, 5.41) is 4.50. The van der Waals surface area contributed by atoms with E-state index in [1.54, 1.807) is 28.8 Å². The Labute approximate surface area is 216 Å². The van der Waals surface area contributed by atoms with Gasteiger partial charge in [0.05, 0.1) is 10.5 Å². The summed E-state index contributed by atoms with van der Waals surface area (Å²) in [6.45, 7) is 2.29. The molecule has 1 aliphatic heterocycles. The maximum absolute atomic E-state index is 13.4. The van der Waals surface area contributed by atoms with Gasteiger partial charge in [0.15, 0.2) is 0 Å². The molecule has 0 saturated carbocycles. The third kappa shape index (κ3) is 5.14. The molecule has 184 valence electrons. The highest BCUT2D eigenvalue weighted by Crippen LogP contribution is 2.32. The minimum Gasteiger partial charge on any atom is -0.333 e. The van der Waals surface area contributed by atoms with Crippen LogP contribution in [0.15, 0.2) is 60.8 Å². The molecule has 0 spiro atoms. The number of hydrogen-bond acceptors (Lipinski definition) is 3. The zero-order valence-electron chi connectivity index (χ0n) is 19.1. The molecule has 3 heterocycles. The van der Waals surface area contributed by atoms with Crippen LogP contribution >= 0.6 is 23.2 Å². The Bertz CT molecular complexity index is 1480. The van der Waals surface area contributed by atoms with Crippen molar-refractivity contribution in [2.24, 2.45) is 0 Å². The van der Waals surface area contributed by atoms with E-state index in [1.807, 2.05) is 24.3 Å². The molecule has 4 aromatic rings. The fourth-order valence-electron chi connectivity index (χ4n) is 4.54. The number of nitrogens with one attached hydrogen (secondary N) is 1. The monoisotopic (exact) mass is 526 g/mol. The van der Waals surface area contributed by atoms with Gasteiger partial charge in [-0.25, -0.2) is 14.2 Å². The van der Waals surface area contributed by atoms with Gasteiger partial charge in [-0.2, -0.15) is 4.39 Å². The van der Waals surface area contributed by atoms with Crippen molar-refractivity contribution in [2.45, 2.75) is 19.5 Å². The Morgan fingerprint density at radius 2 is 1.97 bits per heavy atom. The van der Waals surface area contributed by atoms with Crippen LogP contribution in [0.3, 0.4) is 0 Å². The highest BCUT2D eigenvalue weighted by atomic mass is 35.5. The molecule has 1 aliphatic rings. The highest BCUT2D eigenvalue weighted by Gasteiger charge is 2.26. The summed E-state index contributed by atoms with van der Waals surface area (Å²) >= 11 is 12.2. The van der Waals surface area contributed by atoms with Crippen molar-refractivity contribution in [3.63, 3.8) is 0 Å². The number of carbonyl (C=O) groups excluding carboxylic acids is 1. The van der Waals surface area contributed by atoms with Crippen LogP contribution in [-0.2, 0) is 19.5 Å². The molecule has 0 unspecified atom stereocenters. The number of halogens is 4. The van der Waals surface area contributed by atoms with E-state index in [2.05, 4.69) is 15.2 Å². The summed E-state index contributed by atoms with van der Waals surface area (Å²) < 4.78 is 28.5. The number of nitrogens with zero attached hydrogens (tertiary/aromatic N) is 3. The minimum atomic E-state index is -0.589. The van der Waals surface area contributed by atoms with Crippen molar-refractivity contribution < 1.29 is 13.6 Å². The second-order valence-corrected chi connectivity index (χ2v) is 9.47. The van der Waals surface area contributed by atoms with E-state index < -0.39 is 11.8 Å². The van der Waals surface area contributed by atoms with Crippen LogP contribution in [-0.4, -0.2) is 33.6 Å². The molecule has 2 aromatic heterocycles. The number of fused-ring (bicyclic) bond motifs is 3. The van der Waals surface area contributed by atoms with Gasteiger partial charge >= 0.3 is 6.03 Å². The number of rotatable bonds is 5. The van der Waals surface area contributed by atoms with Gasteiger partial charge in [-0.1, -0.05) is 47.5 Å². The lowest BCUT2D eigenvalue weighted by Gasteiger charge is -2.27. The van der Waals surface area contributed by atoms with Gasteiger partial charge in [-0.3, -0.25) is 9.47 Å². The van der Waals surface area contributed by atoms with E-state index in [0.717, 1.165) is 34.3 Å². The summed E-state index contributed by atoms with van der Waals surface area (Å²) in [6.07, 6.45) is 5.98. The maximum Gasteiger partial charge on any atom is 0.326 e. The second-order valence-electron chi connectivity index (χ2n) is 8.63. The van der Waals surface area contributed by atoms with Crippen LogP contribution < -0.4 is 5.32 Å². The first-order valence-corrected chi connectivity index (χ1v) is 12.2. The van der Waals surface area contributed by atoms with E-state index in [-0.39, 0.29) is 17.6 Å². The molecule has 5 rings (SSSR count). The molecule has 0 radical (unpaired) electrons. The Morgan fingerprint density at radius 1 is 1.11 bits per heavy atom. The molecule has 36 heavy (non-hydrogen) atoms. The normalized spacial score (nSPS) is 13.9. The van der Waals surface area contributed by atoms with Gasteiger partial charge in [-0.15, -0.1) is 0 Å². The van der Waals surface area contributed by atoms with Crippen LogP contribution in [0.4, 0.5) is 13.6 Å². The van der Waals surface area contributed by atoms with Gasteiger partial charge in [-0.05, 0) is 53.1 Å². The number of pyridine rings is 1. The molecule has 1 N–H and O–H groups in total. The Hall–Kier alpha value is -3.26. The molecule has 1 amide bonds. The Morgan fingerprint density at radius 3 is 2.78 bits per heavy atom. The SMILES string of the molecule is O=C(NCc1ccnc(F)c1)n1c2c(c3ccc(Cl)cc31)CN(CC=Cc1ccc(F)c(Cl)c1)CC2. The number of amides is 1. The molecule has 0 saturated heterocycles. The van der Waals surface area contributed by atoms with E-state index in [1.165, 1.54) is 18.3 Å². The van der Waals surface area contributed by atoms with Crippen LogP contribution in [0.1, 0.15) is 22.4 Å². The zero-order chi connectivity index (χ0) is 25.2. The lowest BCUT2D eigenvalue weighted by molar-refractivity contribution is 0.240. The molecule has 0 aliphatic carbocycles. The van der Waals surface area contributed by atoms with E-state index >= 15 is 0 Å². The van der Waals surface area contributed by atoms with Gasteiger partial charge in [0.1, 0.15) is 5.82 Å². The van der Waals surface area contributed by atoms with E-state index in [4.69, 9.17) is 23.2 Å². The third-order valence-corrected chi connectivity index (χ3v) is 6.77. The van der Waals surface area contributed by atoms with E-state index in [0.29, 0.717) is 30.1 Å². The average Bonchev–Trinajstić information content (AvgIpc) is 3.17. The summed E-state index contributed by atoms with van der Waals surface area (Å²) in [4.78, 5) is 19.1. The van der Waals surface area contributed by atoms with Gasteiger partial charge in [0.2, 0.25) is 5.95 Å². The van der Waals surface area contributed by atoms with Gasteiger partial charge in [0, 0.05) is 54.9 Å². The molecule has 0 atom stereocenters. The lowest BCUT2D eigenvalue weighted by Crippen LogP contribution is -2.34. The molecule has 5 nitrogen and oxygen atoms in total.